The van der Waals surface area contributed by atoms with Crippen molar-refractivity contribution in [1.29, 1.82) is 0 Å². The predicted molar refractivity (Wildman–Crippen MR) is 85.9 cm³/mol. The minimum Gasteiger partial charge on any atom is -0.393 e. The number of aliphatic hydroxyl groups excluding tert-OH is 1. The zero-order valence-electron chi connectivity index (χ0n) is 12.7. The van der Waals surface area contributed by atoms with E-state index in [2.05, 4.69) is 17.0 Å². The lowest BCUT2D eigenvalue weighted by atomic mass is 9.88. The molecule has 1 aliphatic heterocycles. The summed E-state index contributed by atoms with van der Waals surface area (Å²) in [4.78, 5) is 2.35. The van der Waals surface area contributed by atoms with Gasteiger partial charge < -0.3 is 5.11 Å². The number of rotatable bonds is 4. The number of likely N-dealkylation sites (tertiary alicyclic amines) is 1. The third-order valence-electron chi connectivity index (χ3n) is 4.47. The molecule has 0 radical (unpaired) electrons. The Balaban J connectivity index is 1.65. The zero-order chi connectivity index (χ0) is 15.4. The van der Waals surface area contributed by atoms with Crippen molar-refractivity contribution in [3.63, 3.8) is 0 Å². The zero-order valence-corrected chi connectivity index (χ0v) is 12.7. The van der Waals surface area contributed by atoms with Crippen LogP contribution in [-0.2, 0) is 13.0 Å². The Morgan fingerprint density at radius 1 is 1.05 bits per heavy atom. The first-order valence-corrected chi connectivity index (χ1v) is 7.90. The highest BCUT2D eigenvalue weighted by molar-refractivity contribution is 5.19. The molecule has 0 spiro atoms. The van der Waals surface area contributed by atoms with Crippen LogP contribution in [0.3, 0.4) is 0 Å². The molecular formula is C19H22FNO. The van der Waals surface area contributed by atoms with Crippen molar-refractivity contribution in [3.05, 3.63) is 71.5 Å². The number of nitrogens with zero attached hydrogens (tertiary/aromatic N) is 1. The topological polar surface area (TPSA) is 23.5 Å². The van der Waals surface area contributed by atoms with Gasteiger partial charge in [-0.3, -0.25) is 4.90 Å². The van der Waals surface area contributed by atoms with Crippen molar-refractivity contribution < 1.29 is 9.50 Å². The van der Waals surface area contributed by atoms with E-state index in [-0.39, 0.29) is 17.8 Å². The summed E-state index contributed by atoms with van der Waals surface area (Å²) in [5.41, 5.74) is 1.98. The summed E-state index contributed by atoms with van der Waals surface area (Å²) in [6, 6.07) is 17.2. The van der Waals surface area contributed by atoms with E-state index in [0.29, 0.717) is 12.0 Å². The van der Waals surface area contributed by atoms with Gasteiger partial charge in [0.1, 0.15) is 5.82 Å². The van der Waals surface area contributed by atoms with Crippen molar-refractivity contribution in [2.24, 2.45) is 5.92 Å². The SMILES string of the molecule is OC1CCN(Cc2ccccc2)CC1Cc1ccccc1F. The van der Waals surface area contributed by atoms with Gasteiger partial charge >= 0.3 is 0 Å². The number of hydrogen-bond acceptors (Lipinski definition) is 2. The molecule has 116 valence electrons. The Hall–Kier alpha value is -1.71. The van der Waals surface area contributed by atoms with Crippen molar-refractivity contribution in [1.82, 2.24) is 4.90 Å². The monoisotopic (exact) mass is 299 g/mol. The van der Waals surface area contributed by atoms with Crippen LogP contribution in [0.25, 0.3) is 0 Å². The highest BCUT2D eigenvalue weighted by Crippen LogP contribution is 2.24. The van der Waals surface area contributed by atoms with Gasteiger partial charge in [0.05, 0.1) is 6.10 Å². The lowest BCUT2D eigenvalue weighted by Gasteiger charge is -2.36. The molecule has 1 N–H and O–H groups in total. The van der Waals surface area contributed by atoms with Crippen LogP contribution in [0, 0.1) is 11.7 Å². The molecule has 0 saturated carbocycles. The van der Waals surface area contributed by atoms with E-state index < -0.39 is 0 Å². The van der Waals surface area contributed by atoms with Gasteiger partial charge in [0.25, 0.3) is 0 Å². The van der Waals surface area contributed by atoms with Crippen LogP contribution in [0.5, 0.6) is 0 Å². The van der Waals surface area contributed by atoms with Crippen LogP contribution in [0.1, 0.15) is 17.5 Å². The van der Waals surface area contributed by atoms with Crippen molar-refractivity contribution >= 4 is 0 Å². The van der Waals surface area contributed by atoms with Crippen molar-refractivity contribution in [2.75, 3.05) is 13.1 Å². The minimum atomic E-state index is -0.341. The summed E-state index contributed by atoms with van der Waals surface area (Å²) < 4.78 is 13.8. The first kappa shape index (κ1) is 15.2. The number of benzene rings is 2. The number of aliphatic hydroxyl groups is 1. The normalized spacial score (nSPS) is 22.6. The summed E-state index contributed by atoms with van der Waals surface area (Å²) in [5.74, 6) is -0.0794. The van der Waals surface area contributed by atoms with Gasteiger partial charge in [-0.05, 0) is 30.0 Å². The second-order valence-electron chi connectivity index (χ2n) is 6.13. The second kappa shape index (κ2) is 7.03. The quantitative estimate of drug-likeness (QED) is 0.937. The fourth-order valence-electron chi connectivity index (χ4n) is 3.23. The molecule has 2 aromatic carbocycles. The smallest absolute Gasteiger partial charge is 0.126 e. The van der Waals surface area contributed by atoms with Gasteiger partial charge in [-0.1, -0.05) is 48.5 Å². The first-order valence-electron chi connectivity index (χ1n) is 7.90. The van der Waals surface area contributed by atoms with Crippen molar-refractivity contribution in [2.45, 2.75) is 25.5 Å². The molecule has 0 bridgehead atoms. The molecule has 2 unspecified atom stereocenters. The molecule has 3 heteroatoms. The average molecular weight is 299 g/mol. The Morgan fingerprint density at radius 3 is 2.55 bits per heavy atom. The largest absolute Gasteiger partial charge is 0.393 e. The molecule has 0 amide bonds. The number of hydrogen-bond donors (Lipinski definition) is 1. The molecule has 3 rings (SSSR count). The van der Waals surface area contributed by atoms with Crippen LogP contribution < -0.4 is 0 Å². The van der Waals surface area contributed by atoms with Gasteiger partial charge in [-0.2, -0.15) is 0 Å². The highest BCUT2D eigenvalue weighted by atomic mass is 19.1. The summed E-state index contributed by atoms with van der Waals surface area (Å²) in [6.07, 6.45) is 1.01. The van der Waals surface area contributed by atoms with Gasteiger partial charge in [0.2, 0.25) is 0 Å². The Morgan fingerprint density at radius 2 is 1.77 bits per heavy atom. The molecule has 22 heavy (non-hydrogen) atoms. The van der Waals surface area contributed by atoms with Gasteiger partial charge in [-0.15, -0.1) is 0 Å². The van der Waals surface area contributed by atoms with Crippen LogP contribution >= 0.6 is 0 Å². The van der Waals surface area contributed by atoms with Gasteiger partial charge in [0, 0.05) is 25.6 Å². The van der Waals surface area contributed by atoms with E-state index in [1.807, 2.05) is 30.3 Å². The lowest BCUT2D eigenvalue weighted by molar-refractivity contribution is 0.0236. The summed E-state index contributed by atoms with van der Waals surface area (Å²) >= 11 is 0. The van der Waals surface area contributed by atoms with E-state index in [1.54, 1.807) is 6.07 Å². The average Bonchev–Trinajstić information content (AvgIpc) is 2.54. The van der Waals surface area contributed by atoms with E-state index in [1.165, 1.54) is 11.6 Å². The molecule has 2 atom stereocenters. The lowest BCUT2D eigenvalue weighted by Crippen LogP contribution is -2.43. The standard InChI is InChI=1S/C19H22FNO/c20-18-9-5-4-8-16(18)12-17-14-21(11-10-19(17)22)13-15-6-2-1-3-7-15/h1-9,17,19,22H,10-14H2. The fraction of sp³-hybridized carbons (Fsp3) is 0.368. The summed E-state index contributed by atoms with van der Waals surface area (Å²) in [5, 5.41) is 10.3. The van der Waals surface area contributed by atoms with Crippen LogP contribution in [-0.4, -0.2) is 29.2 Å². The number of piperidine rings is 1. The maximum Gasteiger partial charge on any atom is 0.126 e. The van der Waals surface area contributed by atoms with Crippen LogP contribution in [0.2, 0.25) is 0 Å². The van der Waals surface area contributed by atoms with Crippen molar-refractivity contribution in [3.8, 4) is 0 Å². The van der Waals surface area contributed by atoms with E-state index in [4.69, 9.17) is 0 Å². The Kier molecular flexibility index (Phi) is 4.86. The van der Waals surface area contributed by atoms with Crippen LogP contribution in [0.15, 0.2) is 54.6 Å². The molecule has 1 aliphatic rings. The molecule has 1 saturated heterocycles. The number of halogens is 1. The summed E-state index contributed by atoms with van der Waals surface area (Å²) in [7, 11) is 0. The first-order chi connectivity index (χ1) is 10.7. The third-order valence-corrected chi connectivity index (χ3v) is 4.47. The van der Waals surface area contributed by atoms with Gasteiger partial charge in [0.15, 0.2) is 0 Å². The van der Waals surface area contributed by atoms with E-state index >= 15 is 0 Å². The molecule has 0 aromatic heterocycles. The Labute approximate surface area is 131 Å². The highest BCUT2D eigenvalue weighted by Gasteiger charge is 2.28. The van der Waals surface area contributed by atoms with E-state index in [0.717, 1.165) is 26.1 Å². The maximum atomic E-state index is 13.8. The van der Waals surface area contributed by atoms with E-state index in [9.17, 15) is 9.50 Å². The van der Waals surface area contributed by atoms with Gasteiger partial charge in [-0.25, -0.2) is 4.39 Å². The maximum absolute atomic E-state index is 13.8. The Bertz CT molecular complexity index is 601. The predicted octanol–water partition coefficient (Wildman–Crippen LogP) is 3.25. The third kappa shape index (κ3) is 3.73. The molecule has 1 heterocycles. The molecule has 1 fully saturated rings. The fourth-order valence-corrected chi connectivity index (χ4v) is 3.23. The summed E-state index contributed by atoms with van der Waals surface area (Å²) in [6.45, 7) is 2.59. The molecule has 2 nitrogen and oxygen atoms in total. The molecule has 0 aliphatic carbocycles. The molecule has 2 aromatic rings. The second-order valence-corrected chi connectivity index (χ2v) is 6.13. The van der Waals surface area contributed by atoms with Crippen LogP contribution in [0.4, 0.5) is 4.39 Å². The molecular weight excluding hydrogens is 277 g/mol. The minimum absolute atomic E-state index is 0.0920.